The first-order chi connectivity index (χ1) is 18.5. The molecule has 228 valence electrons. The molecule has 0 spiro atoms. The third-order valence-corrected chi connectivity index (χ3v) is 14.8. The van der Waals surface area contributed by atoms with Gasteiger partial charge in [0.05, 0.1) is 30.6 Å². The number of carbonyl (C=O) groups excluding carboxylic acids is 2. The van der Waals surface area contributed by atoms with Crippen LogP contribution in [0.4, 0.5) is 0 Å². The van der Waals surface area contributed by atoms with Crippen molar-refractivity contribution >= 4 is 20.3 Å². The molecular weight excluding hydrogens is 526 g/mol. The molecular formula is C31H53NO7Si. The predicted molar refractivity (Wildman–Crippen MR) is 158 cm³/mol. The van der Waals surface area contributed by atoms with Crippen molar-refractivity contribution in [2.24, 2.45) is 34.3 Å². The molecule has 3 rings (SSSR count). The van der Waals surface area contributed by atoms with Crippen molar-refractivity contribution in [3.8, 4) is 0 Å². The lowest BCUT2D eigenvalue weighted by atomic mass is 9.61. The van der Waals surface area contributed by atoms with Crippen molar-refractivity contribution in [3.05, 3.63) is 16.6 Å². The number of fused-ring (bicyclic) bond motifs is 1. The van der Waals surface area contributed by atoms with E-state index in [-0.39, 0.29) is 71.9 Å². The standard InChI is InChI=1S/C31H53NO7Si/c1-10-31(6,7)29(35)38-26-14-20(18-32-36)13-21-15-25(33)19(2)24(28(21)26)12-11-22-16-23(17-27(34)37-22)39-40(8,9)30(3,4)5/h15,19-20,22-26,28,33H,10-14,16-18H2,1-9H3/t19-,20+,22-,23-,24+,25-,26+,28-/m1/s1. The molecule has 8 atom stereocenters. The zero-order chi connectivity index (χ0) is 30.0. The smallest absolute Gasteiger partial charge is 0.311 e. The summed E-state index contributed by atoms with van der Waals surface area (Å²) in [5.74, 6) is -0.513. The van der Waals surface area contributed by atoms with Gasteiger partial charge in [-0.2, -0.15) is 4.91 Å². The first-order valence-electron chi connectivity index (χ1n) is 15.2. The summed E-state index contributed by atoms with van der Waals surface area (Å²) in [5.41, 5.74) is 0.451. The quantitative estimate of drug-likeness (QED) is 0.135. The van der Waals surface area contributed by atoms with Gasteiger partial charge in [0.25, 0.3) is 0 Å². The average molecular weight is 580 g/mol. The molecule has 0 aromatic heterocycles. The van der Waals surface area contributed by atoms with Gasteiger partial charge in [-0.25, -0.2) is 0 Å². The van der Waals surface area contributed by atoms with E-state index in [1.165, 1.54) is 0 Å². The number of cyclic esters (lactones) is 1. The van der Waals surface area contributed by atoms with E-state index in [0.29, 0.717) is 32.1 Å². The molecule has 0 aromatic rings. The van der Waals surface area contributed by atoms with Crippen molar-refractivity contribution in [2.75, 3.05) is 6.54 Å². The Labute approximate surface area is 242 Å². The molecule has 0 amide bonds. The molecule has 1 aliphatic heterocycles. The Hall–Kier alpha value is -1.58. The molecule has 1 saturated carbocycles. The highest BCUT2D eigenvalue weighted by atomic mass is 28.4. The Bertz CT molecular complexity index is 956. The third kappa shape index (κ3) is 7.62. The lowest BCUT2D eigenvalue weighted by Crippen LogP contribution is -2.48. The van der Waals surface area contributed by atoms with Crippen molar-refractivity contribution in [3.63, 3.8) is 0 Å². The summed E-state index contributed by atoms with van der Waals surface area (Å²) in [4.78, 5) is 36.9. The van der Waals surface area contributed by atoms with Crippen LogP contribution < -0.4 is 0 Å². The number of aliphatic hydroxyl groups excluding tert-OH is 1. The van der Waals surface area contributed by atoms with Crippen molar-refractivity contribution in [2.45, 2.75) is 136 Å². The van der Waals surface area contributed by atoms with E-state index in [9.17, 15) is 19.6 Å². The van der Waals surface area contributed by atoms with Crippen LogP contribution in [0.3, 0.4) is 0 Å². The summed E-state index contributed by atoms with van der Waals surface area (Å²) in [6.07, 6.45) is 4.79. The fourth-order valence-corrected chi connectivity index (χ4v) is 7.65. The topological polar surface area (TPSA) is 111 Å². The summed E-state index contributed by atoms with van der Waals surface area (Å²) in [5, 5.41) is 14.2. The number of nitrogens with zero attached hydrogens (tertiary/aromatic N) is 1. The van der Waals surface area contributed by atoms with Gasteiger partial charge in [0.15, 0.2) is 8.32 Å². The lowest BCUT2D eigenvalue weighted by Gasteiger charge is -2.48. The van der Waals surface area contributed by atoms with Gasteiger partial charge in [-0.3, -0.25) is 9.59 Å². The molecule has 9 heteroatoms. The Morgan fingerprint density at radius 1 is 1.15 bits per heavy atom. The van der Waals surface area contributed by atoms with Crippen LogP contribution in [0.15, 0.2) is 16.8 Å². The van der Waals surface area contributed by atoms with Crippen molar-refractivity contribution in [1.82, 2.24) is 0 Å². The highest BCUT2D eigenvalue weighted by Gasteiger charge is 2.48. The van der Waals surface area contributed by atoms with Gasteiger partial charge in [-0.15, -0.1) is 0 Å². The van der Waals surface area contributed by atoms with Crippen LogP contribution in [0.25, 0.3) is 0 Å². The highest BCUT2D eigenvalue weighted by Crippen LogP contribution is 2.49. The summed E-state index contributed by atoms with van der Waals surface area (Å²) >= 11 is 0. The summed E-state index contributed by atoms with van der Waals surface area (Å²) in [6, 6.07) is 0. The van der Waals surface area contributed by atoms with Crippen LogP contribution in [0.1, 0.15) is 93.4 Å². The van der Waals surface area contributed by atoms with E-state index >= 15 is 0 Å². The molecule has 0 bridgehead atoms. The number of rotatable bonds is 10. The molecule has 3 aliphatic rings. The monoisotopic (exact) mass is 579 g/mol. The van der Waals surface area contributed by atoms with Crippen LogP contribution >= 0.6 is 0 Å². The summed E-state index contributed by atoms with van der Waals surface area (Å²) in [6.45, 7) is 19.0. The molecule has 1 heterocycles. The maximum Gasteiger partial charge on any atom is 0.311 e. The van der Waals surface area contributed by atoms with Gasteiger partial charge < -0.3 is 19.0 Å². The Balaban J connectivity index is 1.79. The van der Waals surface area contributed by atoms with E-state index in [1.54, 1.807) is 0 Å². The highest BCUT2D eigenvalue weighted by molar-refractivity contribution is 6.74. The second-order valence-electron chi connectivity index (χ2n) is 14.7. The van der Waals surface area contributed by atoms with Gasteiger partial charge >= 0.3 is 11.9 Å². The maximum atomic E-state index is 13.2. The van der Waals surface area contributed by atoms with E-state index in [1.807, 2.05) is 33.8 Å². The number of nitroso groups, excluding NO2 is 1. The number of hydrogen-bond acceptors (Lipinski definition) is 8. The largest absolute Gasteiger partial charge is 0.462 e. The minimum atomic E-state index is -2.03. The third-order valence-electron chi connectivity index (χ3n) is 10.3. The number of aliphatic hydroxyl groups is 1. The summed E-state index contributed by atoms with van der Waals surface area (Å²) < 4.78 is 18.6. The number of carbonyl (C=O) groups is 2. The minimum Gasteiger partial charge on any atom is -0.462 e. The minimum absolute atomic E-state index is 0.0173. The van der Waals surface area contributed by atoms with Crippen molar-refractivity contribution in [1.29, 1.82) is 0 Å². The van der Waals surface area contributed by atoms with Gasteiger partial charge in [0, 0.05) is 12.3 Å². The van der Waals surface area contributed by atoms with Crippen LogP contribution in [-0.2, 0) is 23.5 Å². The molecule has 2 aliphatic carbocycles. The van der Waals surface area contributed by atoms with Gasteiger partial charge in [0.2, 0.25) is 0 Å². The zero-order valence-electron chi connectivity index (χ0n) is 26.2. The fourth-order valence-electron chi connectivity index (χ4n) is 6.28. The zero-order valence-corrected chi connectivity index (χ0v) is 27.2. The Morgan fingerprint density at radius 2 is 1.82 bits per heavy atom. The fraction of sp³-hybridized carbons (Fsp3) is 0.871. The van der Waals surface area contributed by atoms with Gasteiger partial charge in [-0.05, 0) is 81.8 Å². The van der Waals surface area contributed by atoms with Gasteiger partial charge in [0.1, 0.15) is 12.2 Å². The number of esters is 2. The molecule has 8 nitrogen and oxygen atoms in total. The second-order valence-corrected chi connectivity index (χ2v) is 19.5. The van der Waals surface area contributed by atoms with Crippen molar-refractivity contribution < 1.29 is 28.6 Å². The first kappa shape index (κ1) is 32.9. The van der Waals surface area contributed by atoms with E-state index in [2.05, 4.69) is 39.0 Å². The van der Waals surface area contributed by atoms with Crippen LogP contribution in [0.5, 0.6) is 0 Å². The normalized spacial score (nSPS) is 33.5. The van der Waals surface area contributed by atoms with E-state index < -0.39 is 19.8 Å². The average Bonchev–Trinajstić information content (AvgIpc) is 2.83. The SMILES string of the molecule is CCC(C)(C)C(=O)O[C@H]1C[C@@H](CN=O)CC2=C[C@@H](O)[C@H](C)[C@H](CC[C@@H]3C[C@@H](O[Si](C)(C)C(C)(C)C)CC(=O)O3)[C@@H]21. The first-order valence-corrected chi connectivity index (χ1v) is 18.2. The molecule has 0 unspecified atom stereocenters. The number of hydrogen-bond donors (Lipinski definition) is 1. The van der Waals surface area contributed by atoms with Gasteiger partial charge in [-0.1, -0.05) is 51.4 Å². The van der Waals surface area contributed by atoms with E-state index in [4.69, 9.17) is 13.9 Å². The molecule has 2 fully saturated rings. The summed E-state index contributed by atoms with van der Waals surface area (Å²) in [7, 11) is -2.03. The molecule has 1 N–H and O–H groups in total. The molecule has 0 aromatic carbocycles. The maximum absolute atomic E-state index is 13.2. The molecule has 1 saturated heterocycles. The predicted octanol–water partition coefficient (Wildman–Crippen LogP) is 6.56. The van der Waals surface area contributed by atoms with Crippen LogP contribution in [0.2, 0.25) is 18.1 Å². The Kier molecular flexibility index (Phi) is 10.5. The second kappa shape index (κ2) is 12.7. The van der Waals surface area contributed by atoms with E-state index in [0.717, 1.165) is 12.0 Å². The molecule has 40 heavy (non-hydrogen) atoms. The Morgan fingerprint density at radius 3 is 2.42 bits per heavy atom. The number of ether oxygens (including phenoxy) is 2. The lowest BCUT2D eigenvalue weighted by molar-refractivity contribution is -0.167. The van der Waals surface area contributed by atoms with Crippen LogP contribution in [-0.4, -0.2) is 56.3 Å². The van der Waals surface area contributed by atoms with Crippen LogP contribution in [0, 0.1) is 34.0 Å². The molecule has 0 radical (unpaired) electrons.